The van der Waals surface area contributed by atoms with Crippen LogP contribution in [0, 0.1) is 0 Å². The quantitative estimate of drug-likeness (QED) is 0.141. The second-order valence-electron chi connectivity index (χ2n) is 31.9. The third kappa shape index (κ3) is 10.0. The molecule has 0 saturated carbocycles. The van der Waals surface area contributed by atoms with Crippen LogP contribution in [-0.4, -0.2) is 15.8 Å². The van der Waals surface area contributed by atoms with Crippen molar-refractivity contribution in [3.8, 4) is 33.6 Å². The van der Waals surface area contributed by atoms with E-state index in [2.05, 4.69) is 377 Å². The summed E-state index contributed by atoms with van der Waals surface area (Å²) in [5.41, 5.74) is 29.8. The maximum absolute atomic E-state index is 2.61. The first-order chi connectivity index (χ1) is 45.9. The molecule has 2 aromatic heterocycles. The van der Waals surface area contributed by atoms with Crippen molar-refractivity contribution in [2.75, 3.05) is 9.80 Å². The molecule has 0 saturated heterocycles. The minimum absolute atomic E-state index is 0.0270. The first kappa shape index (κ1) is 60.8. The van der Waals surface area contributed by atoms with Crippen molar-refractivity contribution < 1.29 is 0 Å². The first-order valence-corrected chi connectivity index (χ1v) is 34.5. The highest BCUT2D eigenvalue weighted by atomic mass is 15.2. The highest BCUT2D eigenvalue weighted by Gasteiger charge is 2.45. The summed E-state index contributed by atoms with van der Waals surface area (Å²) in [5, 5.41) is 5.11. The van der Waals surface area contributed by atoms with Gasteiger partial charge in [0.25, 0.3) is 6.71 Å². The van der Waals surface area contributed by atoms with Crippen molar-refractivity contribution >= 4 is 101 Å². The largest absolute Gasteiger partial charge is 0.311 e. The number of rotatable bonds is 8. The van der Waals surface area contributed by atoms with E-state index in [9.17, 15) is 0 Å². The van der Waals surface area contributed by atoms with Gasteiger partial charge in [-0.05, 0) is 203 Å². The Hall–Kier alpha value is -10.1. The molecule has 16 rings (SSSR count). The van der Waals surface area contributed by atoms with Gasteiger partial charge >= 0.3 is 0 Å². The molecule has 0 bridgehead atoms. The Morgan fingerprint density at radius 1 is 0.240 bits per heavy atom. The number of hydrogen-bond acceptors (Lipinski definition) is 2. The fourth-order valence-corrected chi connectivity index (χ4v) is 15.5. The predicted molar refractivity (Wildman–Crippen MR) is 413 cm³/mol. The van der Waals surface area contributed by atoms with Gasteiger partial charge in [0, 0.05) is 72.5 Å². The normalized spacial score (nSPS) is 13.5. The summed E-state index contributed by atoms with van der Waals surface area (Å²) in [7, 11) is 0. The first-order valence-electron chi connectivity index (χ1n) is 34.5. The van der Waals surface area contributed by atoms with E-state index in [-0.39, 0.29) is 28.4 Å². The molecule has 0 N–H and O–H groups in total. The van der Waals surface area contributed by atoms with Crippen LogP contribution in [0.25, 0.3) is 77.2 Å². The molecule has 472 valence electrons. The van der Waals surface area contributed by atoms with E-state index < -0.39 is 5.41 Å². The van der Waals surface area contributed by atoms with Gasteiger partial charge in [0.15, 0.2) is 0 Å². The second-order valence-corrected chi connectivity index (χ2v) is 31.9. The molecular formula is C91H85BN4. The van der Waals surface area contributed by atoms with Gasteiger partial charge < -0.3 is 18.9 Å². The molecule has 0 aliphatic carbocycles. The maximum atomic E-state index is 2.61. The van der Waals surface area contributed by atoms with Crippen molar-refractivity contribution in [3.63, 3.8) is 0 Å². The highest BCUT2D eigenvalue weighted by Crippen LogP contribution is 2.50. The predicted octanol–water partition coefficient (Wildman–Crippen LogP) is 22.8. The smallest absolute Gasteiger partial charge is 0.252 e. The molecule has 0 atom stereocenters. The number of fused-ring (bicyclic) bond motifs is 10. The van der Waals surface area contributed by atoms with Gasteiger partial charge in [0.1, 0.15) is 0 Å². The van der Waals surface area contributed by atoms with Crippen LogP contribution in [-0.2, 0) is 27.1 Å². The molecule has 5 heteroatoms. The molecule has 0 fully saturated rings. The SMILES string of the molecule is CC(C)(C)c1ccc2c(c1)c1cc(C(C)(C)C)ccc1n2-c1ccc2c(c1)N(c1ccc(-c3ccccc3)cc1)c1cc(C(C)(C)c3ccccc3)cc3c1B2c1ccc(-n2c4ccc(C(C)(C)C)cc4c4cc(C(C)(C)C)ccc42)cc1N3c1ccc(-c2ccccc2)cc1. The van der Waals surface area contributed by atoms with Gasteiger partial charge in [-0.1, -0.05) is 249 Å². The van der Waals surface area contributed by atoms with E-state index in [0.29, 0.717) is 0 Å². The van der Waals surface area contributed by atoms with Gasteiger partial charge in [-0.3, -0.25) is 0 Å². The van der Waals surface area contributed by atoms with Crippen molar-refractivity contribution in [1.29, 1.82) is 0 Å². The summed E-state index contributed by atoms with van der Waals surface area (Å²) in [6.45, 7) is 32.6. The van der Waals surface area contributed by atoms with E-state index in [1.807, 2.05) is 0 Å². The van der Waals surface area contributed by atoms with Crippen LogP contribution in [0.5, 0.6) is 0 Å². The Balaban J connectivity index is 1.01. The lowest BCUT2D eigenvalue weighted by Crippen LogP contribution is -2.61. The monoisotopic (exact) mass is 1240 g/mol. The Morgan fingerprint density at radius 2 is 0.542 bits per heavy atom. The zero-order valence-electron chi connectivity index (χ0n) is 58.2. The third-order valence-electron chi connectivity index (χ3n) is 21.2. The van der Waals surface area contributed by atoms with E-state index in [1.165, 1.54) is 127 Å². The summed E-state index contributed by atoms with van der Waals surface area (Å²) in [4.78, 5) is 5.23. The van der Waals surface area contributed by atoms with Crippen LogP contribution < -0.4 is 26.2 Å². The second kappa shape index (κ2) is 22.0. The van der Waals surface area contributed by atoms with Crippen LogP contribution in [0.15, 0.2) is 261 Å². The van der Waals surface area contributed by atoms with Crippen LogP contribution in [0.3, 0.4) is 0 Å². The van der Waals surface area contributed by atoms with Crippen LogP contribution in [0.2, 0.25) is 0 Å². The Kier molecular flexibility index (Phi) is 13.9. The highest BCUT2D eigenvalue weighted by molar-refractivity contribution is 7.00. The number of nitrogens with zero attached hydrogens (tertiary/aromatic N) is 4. The zero-order valence-corrected chi connectivity index (χ0v) is 58.2. The Labute approximate surface area is 568 Å². The van der Waals surface area contributed by atoms with E-state index in [1.54, 1.807) is 0 Å². The van der Waals surface area contributed by atoms with Gasteiger partial charge in [0.05, 0.1) is 22.1 Å². The van der Waals surface area contributed by atoms with Gasteiger partial charge in [-0.2, -0.15) is 0 Å². The fraction of sp³-hybridized carbons (Fsp3) is 0.209. The number of anilines is 6. The average molecular weight is 1250 g/mol. The fourth-order valence-electron chi connectivity index (χ4n) is 15.5. The zero-order chi connectivity index (χ0) is 66.5. The van der Waals surface area contributed by atoms with Gasteiger partial charge in [-0.25, -0.2) is 0 Å². The average Bonchev–Trinajstić information content (AvgIpc) is 0.742. The van der Waals surface area contributed by atoms with Crippen LogP contribution in [0.4, 0.5) is 34.1 Å². The Morgan fingerprint density at radius 3 is 0.865 bits per heavy atom. The Bertz CT molecular complexity index is 4940. The molecule has 0 unspecified atom stereocenters. The standard InChI is InChI=1S/C91H85BN4/c1-87(2,3)63-34-46-78-72(50-63)73-51-64(88(4,5)6)35-47-79(73)95(78)70-42-44-76-82(56-70)93(68-38-30-60(31-39-68)58-24-18-15-19-25-58)84-54-67(91(13,14)62-28-22-17-23-29-62)55-85-86(84)92(76)77-45-43-71(57-83(77)94(85)69-40-32-61(33-41-69)59-26-20-16-21-27-59)96-80-48-36-65(89(7,8)9)52-74(80)75-53-66(90(10,11)12)37-49-81(75)96/h15-57H,1-14H3. The van der Waals surface area contributed by atoms with Crippen LogP contribution >= 0.6 is 0 Å². The van der Waals surface area contributed by atoms with Crippen molar-refractivity contribution in [2.45, 2.75) is 124 Å². The topological polar surface area (TPSA) is 16.3 Å². The number of aromatic nitrogens is 2. The molecule has 0 radical (unpaired) electrons. The van der Waals surface area contributed by atoms with E-state index >= 15 is 0 Å². The minimum atomic E-state index is -0.417. The molecule has 0 spiro atoms. The molecule has 12 aromatic carbocycles. The summed E-state index contributed by atoms with van der Waals surface area (Å²) >= 11 is 0. The molecular weight excluding hydrogens is 1160 g/mol. The summed E-state index contributed by atoms with van der Waals surface area (Å²) in [6.07, 6.45) is 0. The van der Waals surface area contributed by atoms with E-state index in [0.717, 1.165) is 34.1 Å². The summed E-state index contributed by atoms with van der Waals surface area (Å²) in [6, 6.07) is 100. The van der Waals surface area contributed by atoms with Gasteiger partial charge in [-0.15, -0.1) is 0 Å². The number of benzene rings is 12. The lowest BCUT2D eigenvalue weighted by atomic mass is 9.33. The molecule has 4 nitrogen and oxygen atoms in total. The lowest BCUT2D eigenvalue weighted by molar-refractivity contribution is 0.590. The third-order valence-corrected chi connectivity index (χ3v) is 21.2. The molecule has 4 heterocycles. The van der Waals surface area contributed by atoms with Crippen molar-refractivity contribution in [2.24, 2.45) is 0 Å². The molecule has 96 heavy (non-hydrogen) atoms. The summed E-state index contributed by atoms with van der Waals surface area (Å²) in [5.74, 6) is 0. The summed E-state index contributed by atoms with van der Waals surface area (Å²) < 4.78 is 5.08. The molecule has 0 amide bonds. The molecule has 2 aliphatic rings. The number of hydrogen-bond donors (Lipinski definition) is 0. The van der Waals surface area contributed by atoms with Crippen molar-refractivity contribution in [3.05, 3.63) is 294 Å². The van der Waals surface area contributed by atoms with E-state index in [4.69, 9.17) is 0 Å². The maximum Gasteiger partial charge on any atom is 0.252 e. The van der Waals surface area contributed by atoms with Crippen molar-refractivity contribution in [1.82, 2.24) is 9.13 Å². The lowest BCUT2D eigenvalue weighted by Gasteiger charge is -2.45. The minimum Gasteiger partial charge on any atom is -0.311 e. The van der Waals surface area contributed by atoms with Crippen LogP contribution in [0.1, 0.15) is 130 Å². The molecule has 14 aromatic rings. The molecule has 2 aliphatic heterocycles. The van der Waals surface area contributed by atoms with Gasteiger partial charge in [0.2, 0.25) is 0 Å².